The average Bonchev–Trinajstić information content (AvgIpc) is 3.16. The van der Waals surface area contributed by atoms with Crippen LogP contribution < -0.4 is 11.1 Å². The lowest BCUT2D eigenvalue weighted by molar-refractivity contribution is -0.140. The summed E-state index contributed by atoms with van der Waals surface area (Å²) >= 11 is 0. The molecular weight excluding hydrogens is 288 g/mol. The van der Waals surface area contributed by atoms with Crippen molar-refractivity contribution in [3.8, 4) is 0 Å². The Bertz CT molecular complexity index is 538. The van der Waals surface area contributed by atoms with Gasteiger partial charge in [-0.05, 0) is 43.4 Å². The molecule has 2 rings (SSSR count). The summed E-state index contributed by atoms with van der Waals surface area (Å²) in [5.41, 5.74) is 3.38. The van der Waals surface area contributed by atoms with E-state index in [0.29, 0.717) is 19.2 Å². The third-order valence-electron chi connectivity index (χ3n) is 3.80. The molecule has 0 atom stereocenters. The molecule has 1 aromatic rings. The Labute approximate surface area is 119 Å². The number of halogens is 4. The Hall–Kier alpha value is -1.63. The van der Waals surface area contributed by atoms with Crippen molar-refractivity contribution >= 4 is 5.91 Å². The lowest BCUT2D eigenvalue weighted by Crippen LogP contribution is -2.32. The van der Waals surface area contributed by atoms with Crippen LogP contribution >= 0.6 is 0 Å². The topological polar surface area (TPSA) is 55.1 Å². The highest BCUT2D eigenvalue weighted by Gasteiger charge is 2.42. The fourth-order valence-electron chi connectivity index (χ4n) is 2.29. The number of alkyl halides is 3. The zero-order valence-corrected chi connectivity index (χ0v) is 11.3. The van der Waals surface area contributed by atoms with Gasteiger partial charge in [0.25, 0.3) is 5.91 Å². The molecule has 21 heavy (non-hydrogen) atoms. The summed E-state index contributed by atoms with van der Waals surface area (Å²) < 4.78 is 51.6. The number of nitrogens with one attached hydrogen (secondary N) is 1. The van der Waals surface area contributed by atoms with E-state index in [1.54, 1.807) is 0 Å². The van der Waals surface area contributed by atoms with E-state index >= 15 is 0 Å². The molecule has 1 aliphatic carbocycles. The highest BCUT2D eigenvalue weighted by Crippen LogP contribution is 2.47. The maximum absolute atomic E-state index is 13.8. The summed E-state index contributed by atoms with van der Waals surface area (Å²) in [6, 6.07) is 2.68. The molecule has 0 heterocycles. The molecular formula is C14H16F4N2O. The number of rotatable bonds is 5. The lowest BCUT2D eigenvalue weighted by atomic mass is 10.0. The van der Waals surface area contributed by atoms with Gasteiger partial charge in [0, 0.05) is 6.54 Å². The van der Waals surface area contributed by atoms with Crippen LogP contribution in [0.1, 0.15) is 35.2 Å². The zero-order chi connectivity index (χ0) is 15.7. The molecule has 3 N–H and O–H groups in total. The lowest BCUT2D eigenvalue weighted by Gasteiger charge is -2.16. The van der Waals surface area contributed by atoms with Gasteiger partial charge in [-0.25, -0.2) is 4.39 Å². The fourth-order valence-corrected chi connectivity index (χ4v) is 2.29. The fraction of sp³-hybridized carbons (Fsp3) is 0.500. The van der Waals surface area contributed by atoms with E-state index < -0.39 is 29.0 Å². The van der Waals surface area contributed by atoms with Crippen molar-refractivity contribution in [3.63, 3.8) is 0 Å². The minimum absolute atomic E-state index is 0.0669. The first-order valence-corrected chi connectivity index (χ1v) is 6.63. The van der Waals surface area contributed by atoms with Gasteiger partial charge in [0.2, 0.25) is 0 Å². The van der Waals surface area contributed by atoms with E-state index in [2.05, 4.69) is 5.32 Å². The molecule has 0 aromatic heterocycles. The van der Waals surface area contributed by atoms with E-state index in [-0.39, 0.29) is 5.41 Å². The molecule has 7 heteroatoms. The summed E-state index contributed by atoms with van der Waals surface area (Å²) in [4.78, 5) is 11.9. The molecule has 0 saturated heterocycles. The van der Waals surface area contributed by atoms with Gasteiger partial charge in [-0.2, -0.15) is 13.2 Å². The molecule has 116 valence electrons. The van der Waals surface area contributed by atoms with E-state index in [9.17, 15) is 22.4 Å². The second kappa shape index (κ2) is 5.63. The van der Waals surface area contributed by atoms with Gasteiger partial charge in [-0.1, -0.05) is 6.07 Å². The second-order valence-corrected chi connectivity index (χ2v) is 5.39. The molecule has 0 bridgehead atoms. The van der Waals surface area contributed by atoms with Crippen molar-refractivity contribution < 1.29 is 22.4 Å². The first-order chi connectivity index (χ1) is 9.79. The number of carbonyl (C=O) groups excluding carboxylic acids is 1. The SMILES string of the molecule is NCCC1(CNC(=O)c2cccc(C(F)(F)F)c2F)CC1. The van der Waals surface area contributed by atoms with Crippen LogP contribution in [-0.2, 0) is 6.18 Å². The van der Waals surface area contributed by atoms with Crippen molar-refractivity contribution in [1.82, 2.24) is 5.32 Å². The van der Waals surface area contributed by atoms with E-state index in [0.717, 1.165) is 31.4 Å². The molecule has 1 aromatic carbocycles. The quantitative estimate of drug-likeness (QED) is 0.822. The van der Waals surface area contributed by atoms with Gasteiger partial charge < -0.3 is 11.1 Å². The highest BCUT2D eigenvalue weighted by atomic mass is 19.4. The van der Waals surface area contributed by atoms with Crippen LogP contribution in [-0.4, -0.2) is 19.0 Å². The minimum Gasteiger partial charge on any atom is -0.351 e. The molecule has 1 saturated carbocycles. The summed E-state index contributed by atoms with van der Waals surface area (Å²) in [5, 5.41) is 2.50. The predicted molar refractivity (Wildman–Crippen MR) is 69.1 cm³/mol. The maximum atomic E-state index is 13.8. The largest absolute Gasteiger partial charge is 0.419 e. The normalized spacial score (nSPS) is 16.6. The Balaban J connectivity index is 2.10. The number of carbonyl (C=O) groups is 1. The number of hydrogen-bond donors (Lipinski definition) is 2. The van der Waals surface area contributed by atoms with E-state index in [1.807, 2.05) is 0 Å². The molecule has 0 radical (unpaired) electrons. The van der Waals surface area contributed by atoms with Crippen LogP contribution in [0.5, 0.6) is 0 Å². The standard InChI is InChI=1S/C14H16F4N2O/c15-11-9(2-1-3-10(11)14(16,17)18)12(21)20-8-13(4-5-13)6-7-19/h1-3H,4-8,19H2,(H,20,21). The molecule has 0 unspecified atom stereocenters. The van der Waals surface area contributed by atoms with Crippen LogP contribution in [0.4, 0.5) is 17.6 Å². The maximum Gasteiger partial charge on any atom is 0.419 e. The highest BCUT2D eigenvalue weighted by molar-refractivity contribution is 5.94. The van der Waals surface area contributed by atoms with Gasteiger partial charge in [-0.3, -0.25) is 4.79 Å². The van der Waals surface area contributed by atoms with Crippen LogP contribution in [0.3, 0.4) is 0 Å². The van der Waals surface area contributed by atoms with E-state index in [1.165, 1.54) is 0 Å². The van der Waals surface area contributed by atoms with Crippen molar-refractivity contribution in [1.29, 1.82) is 0 Å². The summed E-state index contributed by atoms with van der Waals surface area (Å²) in [6.45, 7) is 0.784. The summed E-state index contributed by atoms with van der Waals surface area (Å²) in [6.07, 6.45) is -2.26. The predicted octanol–water partition coefficient (Wildman–Crippen LogP) is 2.70. The first kappa shape index (κ1) is 15.8. The smallest absolute Gasteiger partial charge is 0.351 e. The Morgan fingerprint density at radius 1 is 1.33 bits per heavy atom. The minimum atomic E-state index is -4.82. The van der Waals surface area contributed by atoms with Gasteiger partial charge in [0.05, 0.1) is 11.1 Å². The summed E-state index contributed by atoms with van der Waals surface area (Å²) in [7, 11) is 0. The Morgan fingerprint density at radius 3 is 2.52 bits per heavy atom. The van der Waals surface area contributed by atoms with Gasteiger partial charge in [0.15, 0.2) is 0 Å². The van der Waals surface area contributed by atoms with Crippen LogP contribution in [0, 0.1) is 11.2 Å². The number of amides is 1. The van der Waals surface area contributed by atoms with Gasteiger partial charge >= 0.3 is 6.18 Å². The average molecular weight is 304 g/mol. The zero-order valence-electron chi connectivity index (χ0n) is 11.3. The molecule has 1 fully saturated rings. The third kappa shape index (κ3) is 3.53. The van der Waals surface area contributed by atoms with Crippen LogP contribution in [0.2, 0.25) is 0 Å². The Morgan fingerprint density at radius 2 is 2.00 bits per heavy atom. The number of nitrogens with two attached hydrogens (primary N) is 1. The molecule has 0 aliphatic heterocycles. The van der Waals surface area contributed by atoms with Crippen molar-refractivity contribution in [3.05, 3.63) is 35.1 Å². The molecule has 1 amide bonds. The Kier molecular flexibility index (Phi) is 4.22. The van der Waals surface area contributed by atoms with Crippen LogP contribution in [0.25, 0.3) is 0 Å². The molecule has 1 aliphatic rings. The van der Waals surface area contributed by atoms with Crippen molar-refractivity contribution in [2.24, 2.45) is 11.1 Å². The van der Waals surface area contributed by atoms with Gasteiger partial charge in [0.1, 0.15) is 5.82 Å². The van der Waals surface area contributed by atoms with Gasteiger partial charge in [-0.15, -0.1) is 0 Å². The van der Waals surface area contributed by atoms with E-state index in [4.69, 9.17) is 5.73 Å². The first-order valence-electron chi connectivity index (χ1n) is 6.63. The molecule has 3 nitrogen and oxygen atoms in total. The molecule has 0 spiro atoms. The monoisotopic (exact) mass is 304 g/mol. The number of benzene rings is 1. The van der Waals surface area contributed by atoms with Crippen LogP contribution in [0.15, 0.2) is 18.2 Å². The summed E-state index contributed by atoms with van der Waals surface area (Å²) in [5.74, 6) is -2.37. The van der Waals surface area contributed by atoms with Crippen molar-refractivity contribution in [2.45, 2.75) is 25.4 Å². The third-order valence-corrected chi connectivity index (χ3v) is 3.80. The second-order valence-electron chi connectivity index (χ2n) is 5.39. The number of hydrogen-bond acceptors (Lipinski definition) is 2. The van der Waals surface area contributed by atoms with Crippen molar-refractivity contribution in [2.75, 3.05) is 13.1 Å².